The van der Waals surface area contributed by atoms with E-state index in [4.69, 9.17) is 9.94 Å². The standard InChI is InChI=1S/C22H39NO5/c1-2-3-4-5-6-7-9-16(24)11-12-17-18-14-20(19(18)15-21(17)25)23-28-13-8-10-22(26)27/h16-19,21,24-25H,2-15H2,1H3,(H,26,27). The normalized spacial score (nSPS) is 28.8. The maximum absolute atomic E-state index is 10.5. The van der Waals surface area contributed by atoms with Crippen molar-refractivity contribution in [2.75, 3.05) is 6.61 Å². The first kappa shape index (κ1) is 23.1. The number of aliphatic hydroxyl groups is 2. The number of rotatable bonds is 15. The number of carboxylic acid groups (broad SMARTS) is 1. The topological polar surface area (TPSA) is 99.4 Å². The fourth-order valence-corrected chi connectivity index (χ4v) is 4.72. The molecule has 162 valence electrons. The molecule has 0 aromatic heterocycles. The molecule has 2 rings (SSSR count). The van der Waals surface area contributed by atoms with Crippen LogP contribution >= 0.6 is 0 Å². The highest BCUT2D eigenvalue weighted by atomic mass is 16.6. The molecule has 2 fully saturated rings. The van der Waals surface area contributed by atoms with Gasteiger partial charge in [0.05, 0.1) is 17.9 Å². The van der Waals surface area contributed by atoms with Crippen LogP contribution in [-0.4, -0.2) is 45.8 Å². The Labute approximate surface area is 169 Å². The molecule has 0 saturated heterocycles. The zero-order valence-corrected chi connectivity index (χ0v) is 17.4. The van der Waals surface area contributed by atoms with E-state index in [1.807, 2.05) is 0 Å². The molecule has 5 unspecified atom stereocenters. The van der Waals surface area contributed by atoms with Gasteiger partial charge in [0.2, 0.25) is 0 Å². The second-order valence-corrected chi connectivity index (χ2v) is 8.64. The molecule has 0 bridgehead atoms. The summed E-state index contributed by atoms with van der Waals surface area (Å²) in [7, 11) is 0. The van der Waals surface area contributed by atoms with Crippen molar-refractivity contribution in [3.05, 3.63) is 0 Å². The van der Waals surface area contributed by atoms with E-state index in [0.29, 0.717) is 24.9 Å². The van der Waals surface area contributed by atoms with Crippen molar-refractivity contribution >= 4 is 11.7 Å². The molecule has 0 spiro atoms. The Balaban J connectivity index is 1.59. The highest BCUT2D eigenvalue weighted by Gasteiger charge is 2.51. The molecule has 2 aliphatic carbocycles. The highest BCUT2D eigenvalue weighted by Crippen LogP contribution is 2.50. The third kappa shape index (κ3) is 7.36. The molecule has 2 saturated carbocycles. The number of aliphatic hydroxyl groups excluding tert-OH is 2. The monoisotopic (exact) mass is 397 g/mol. The van der Waals surface area contributed by atoms with Gasteiger partial charge in [-0.25, -0.2) is 0 Å². The Hall–Kier alpha value is -1.14. The van der Waals surface area contributed by atoms with Gasteiger partial charge in [-0.2, -0.15) is 0 Å². The first-order chi connectivity index (χ1) is 13.5. The summed E-state index contributed by atoms with van der Waals surface area (Å²) in [6, 6.07) is 0. The second kappa shape index (κ2) is 12.4. The Kier molecular flexibility index (Phi) is 10.3. The maximum atomic E-state index is 10.5. The number of unbranched alkanes of at least 4 members (excludes halogenated alkanes) is 5. The lowest BCUT2D eigenvalue weighted by atomic mass is 9.70. The number of fused-ring (bicyclic) bond motifs is 1. The highest BCUT2D eigenvalue weighted by molar-refractivity contribution is 5.93. The lowest BCUT2D eigenvalue weighted by molar-refractivity contribution is -0.137. The maximum Gasteiger partial charge on any atom is 0.303 e. The predicted molar refractivity (Wildman–Crippen MR) is 109 cm³/mol. The molecular weight excluding hydrogens is 358 g/mol. The van der Waals surface area contributed by atoms with E-state index in [0.717, 1.165) is 44.2 Å². The van der Waals surface area contributed by atoms with Gasteiger partial charge in [-0.1, -0.05) is 50.6 Å². The molecule has 3 N–H and O–H groups in total. The number of carboxylic acids is 1. The lowest BCUT2D eigenvalue weighted by Crippen LogP contribution is -2.37. The summed E-state index contributed by atoms with van der Waals surface area (Å²) < 4.78 is 0. The van der Waals surface area contributed by atoms with Crippen LogP contribution in [-0.2, 0) is 9.63 Å². The van der Waals surface area contributed by atoms with E-state index in [-0.39, 0.29) is 24.5 Å². The van der Waals surface area contributed by atoms with Gasteiger partial charge in [0.25, 0.3) is 0 Å². The number of oxime groups is 1. The van der Waals surface area contributed by atoms with E-state index in [9.17, 15) is 15.0 Å². The van der Waals surface area contributed by atoms with Crippen molar-refractivity contribution in [3.8, 4) is 0 Å². The second-order valence-electron chi connectivity index (χ2n) is 8.64. The van der Waals surface area contributed by atoms with E-state index in [1.165, 1.54) is 32.1 Å². The van der Waals surface area contributed by atoms with Crippen LogP contribution in [0.25, 0.3) is 0 Å². The minimum Gasteiger partial charge on any atom is -0.481 e. The van der Waals surface area contributed by atoms with Crippen LogP contribution in [0, 0.1) is 17.8 Å². The van der Waals surface area contributed by atoms with E-state index in [2.05, 4.69) is 12.1 Å². The van der Waals surface area contributed by atoms with Crippen LogP contribution in [0.3, 0.4) is 0 Å². The van der Waals surface area contributed by atoms with Gasteiger partial charge in [-0.3, -0.25) is 4.79 Å². The van der Waals surface area contributed by atoms with Crippen LogP contribution in [0.5, 0.6) is 0 Å². The van der Waals surface area contributed by atoms with Crippen molar-refractivity contribution in [1.82, 2.24) is 0 Å². The smallest absolute Gasteiger partial charge is 0.303 e. The van der Waals surface area contributed by atoms with Gasteiger partial charge in [0.15, 0.2) is 0 Å². The summed E-state index contributed by atoms with van der Waals surface area (Å²) in [5.74, 6) is 0.198. The van der Waals surface area contributed by atoms with Crippen molar-refractivity contribution in [3.63, 3.8) is 0 Å². The molecule has 0 amide bonds. The van der Waals surface area contributed by atoms with Gasteiger partial charge in [0.1, 0.15) is 6.61 Å². The quantitative estimate of drug-likeness (QED) is 0.285. The van der Waals surface area contributed by atoms with Gasteiger partial charge in [-0.15, -0.1) is 0 Å². The molecule has 0 aliphatic heterocycles. The van der Waals surface area contributed by atoms with Gasteiger partial charge in [0, 0.05) is 12.3 Å². The molecule has 6 heteroatoms. The van der Waals surface area contributed by atoms with Crippen LogP contribution in [0.2, 0.25) is 0 Å². The third-order valence-corrected chi connectivity index (χ3v) is 6.46. The van der Waals surface area contributed by atoms with Crippen LogP contribution in [0.1, 0.15) is 90.4 Å². The molecule has 6 nitrogen and oxygen atoms in total. The summed E-state index contributed by atoms with van der Waals surface area (Å²) in [4.78, 5) is 15.7. The molecule has 2 aliphatic rings. The summed E-state index contributed by atoms with van der Waals surface area (Å²) in [5, 5.41) is 33.5. The Morgan fingerprint density at radius 3 is 2.68 bits per heavy atom. The van der Waals surface area contributed by atoms with Crippen molar-refractivity contribution in [2.45, 2.75) is 103 Å². The number of carbonyl (C=O) groups is 1. The summed E-state index contributed by atoms with van der Waals surface area (Å²) in [5.41, 5.74) is 1.01. The lowest BCUT2D eigenvalue weighted by Gasteiger charge is -2.35. The third-order valence-electron chi connectivity index (χ3n) is 6.46. The number of hydrogen-bond donors (Lipinski definition) is 3. The summed E-state index contributed by atoms with van der Waals surface area (Å²) in [6.07, 6.45) is 11.6. The molecular formula is C22H39NO5. The summed E-state index contributed by atoms with van der Waals surface area (Å²) >= 11 is 0. The van der Waals surface area contributed by atoms with Crippen LogP contribution < -0.4 is 0 Å². The SMILES string of the molecule is CCCCCCCCC(O)CCC1C(O)CC2C(=NOCCCC(=O)O)CC21. The minimum absolute atomic E-state index is 0.0960. The summed E-state index contributed by atoms with van der Waals surface area (Å²) in [6.45, 7) is 2.54. The Morgan fingerprint density at radius 1 is 1.18 bits per heavy atom. The number of hydrogen-bond acceptors (Lipinski definition) is 5. The molecule has 28 heavy (non-hydrogen) atoms. The first-order valence-corrected chi connectivity index (χ1v) is 11.3. The Morgan fingerprint density at radius 2 is 1.93 bits per heavy atom. The molecule has 5 atom stereocenters. The van der Waals surface area contributed by atoms with Gasteiger partial charge < -0.3 is 20.2 Å². The largest absolute Gasteiger partial charge is 0.481 e. The minimum atomic E-state index is -0.819. The van der Waals surface area contributed by atoms with E-state index in [1.54, 1.807) is 0 Å². The number of nitrogens with zero attached hydrogens (tertiary/aromatic N) is 1. The van der Waals surface area contributed by atoms with Crippen molar-refractivity contribution < 1.29 is 25.0 Å². The predicted octanol–water partition coefficient (Wildman–Crippen LogP) is 4.13. The number of aliphatic carboxylic acids is 1. The molecule has 0 aromatic rings. The fraction of sp³-hybridized carbons (Fsp3) is 0.909. The van der Waals surface area contributed by atoms with Gasteiger partial charge >= 0.3 is 5.97 Å². The van der Waals surface area contributed by atoms with Crippen LogP contribution in [0.15, 0.2) is 5.16 Å². The molecule has 0 heterocycles. The first-order valence-electron chi connectivity index (χ1n) is 11.3. The average Bonchev–Trinajstić information content (AvgIpc) is 2.89. The van der Waals surface area contributed by atoms with Crippen LogP contribution in [0.4, 0.5) is 0 Å². The van der Waals surface area contributed by atoms with E-state index < -0.39 is 5.97 Å². The zero-order chi connectivity index (χ0) is 20.4. The zero-order valence-electron chi connectivity index (χ0n) is 17.4. The van der Waals surface area contributed by atoms with Crippen molar-refractivity contribution in [2.24, 2.45) is 22.9 Å². The molecule has 0 radical (unpaired) electrons. The van der Waals surface area contributed by atoms with Crippen molar-refractivity contribution in [1.29, 1.82) is 0 Å². The fourth-order valence-electron chi connectivity index (χ4n) is 4.72. The molecule has 0 aromatic carbocycles. The average molecular weight is 398 g/mol. The Bertz CT molecular complexity index is 495. The van der Waals surface area contributed by atoms with E-state index >= 15 is 0 Å². The van der Waals surface area contributed by atoms with Gasteiger partial charge in [-0.05, 0) is 50.4 Å².